The Balaban J connectivity index is 1.81. The standard InChI is InChI=1S/C12H13N3OS2/c16-18(15-12-13-8-14-17-12)11-6-5-9-3-1-2-4-10(9)7-11/h5-8H,1-4H2,(H,13,14,15). The summed E-state index contributed by atoms with van der Waals surface area (Å²) in [4.78, 5) is 4.78. The third-order valence-electron chi connectivity index (χ3n) is 3.08. The molecule has 0 fully saturated rings. The van der Waals surface area contributed by atoms with Crippen molar-refractivity contribution in [2.75, 3.05) is 4.72 Å². The van der Waals surface area contributed by atoms with Crippen molar-refractivity contribution in [2.45, 2.75) is 30.6 Å². The Hall–Kier alpha value is -1.27. The monoisotopic (exact) mass is 279 g/mol. The molecule has 0 saturated carbocycles. The molecule has 0 amide bonds. The van der Waals surface area contributed by atoms with Crippen molar-refractivity contribution in [2.24, 2.45) is 0 Å². The van der Waals surface area contributed by atoms with Crippen LogP contribution in [-0.4, -0.2) is 13.6 Å². The van der Waals surface area contributed by atoms with Gasteiger partial charge in [-0.1, -0.05) is 6.07 Å². The van der Waals surface area contributed by atoms with Gasteiger partial charge in [-0.25, -0.2) is 9.19 Å². The largest absolute Gasteiger partial charge is 0.275 e. The minimum Gasteiger partial charge on any atom is -0.275 e. The summed E-state index contributed by atoms with van der Waals surface area (Å²) in [6, 6.07) is 6.09. The van der Waals surface area contributed by atoms with Crippen molar-refractivity contribution in [3.05, 3.63) is 35.7 Å². The SMILES string of the molecule is O=S(Nc1ncns1)c1ccc2c(c1)CCCC2. The Morgan fingerprint density at radius 2 is 2.06 bits per heavy atom. The topological polar surface area (TPSA) is 54.9 Å². The molecule has 1 aromatic heterocycles. The summed E-state index contributed by atoms with van der Waals surface area (Å²) in [6.45, 7) is 0. The number of aryl methyl sites for hydroxylation is 2. The lowest BCUT2D eigenvalue weighted by molar-refractivity contribution is 0.678. The quantitative estimate of drug-likeness (QED) is 0.939. The van der Waals surface area contributed by atoms with Crippen molar-refractivity contribution in [3.63, 3.8) is 0 Å². The van der Waals surface area contributed by atoms with Crippen molar-refractivity contribution in [3.8, 4) is 0 Å². The zero-order valence-electron chi connectivity index (χ0n) is 9.76. The number of benzene rings is 1. The van der Waals surface area contributed by atoms with Crippen molar-refractivity contribution in [1.82, 2.24) is 9.36 Å². The van der Waals surface area contributed by atoms with E-state index in [0.717, 1.165) is 17.7 Å². The van der Waals surface area contributed by atoms with Crippen LogP contribution < -0.4 is 4.72 Å². The summed E-state index contributed by atoms with van der Waals surface area (Å²) in [6.07, 6.45) is 6.19. The third-order valence-corrected chi connectivity index (χ3v) is 4.85. The highest BCUT2D eigenvalue weighted by atomic mass is 32.2. The highest BCUT2D eigenvalue weighted by Gasteiger charge is 2.12. The zero-order valence-corrected chi connectivity index (χ0v) is 11.4. The third kappa shape index (κ3) is 2.44. The normalized spacial score (nSPS) is 16.0. The van der Waals surface area contributed by atoms with Gasteiger partial charge in [0.15, 0.2) is 11.0 Å². The van der Waals surface area contributed by atoms with Gasteiger partial charge < -0.3 is 0 Å². The molecular formula is C12H13N3OS2. The van der Waals surface area contributed by atoms with Crippen LogP contribution in [0, 0.1) is 0 Å². The van der Waals surface area contributed by atoms with E-state index in [1.165, 1.54) is 41.8 Å². The van der Waals surface area contributed by atoms with Crippen LogP contribution in [0.3, 0.4) is 0 Å². The molecule has 1 atom stereocenters. The fourth-order valence-corrected chi connectivity index (χ4v) is 3.62. The van der Waals surface area contributed by atoms with E-state index >= 15 is 0 Å². The van der Waals surface area contributed by atoms with Gasteiger partial charge in [0.1, 0.15) is 6.33 Å². The molecule has 0 saturated heterocycles. The van der Waals surface area contributed by atoms with Crippen LogP contribution in [0.2, 0.25) is 0 Å². The molecule has 1 N–H and O–H groups in total. The molecule has 1 aromatic carbocycles. The predicted octanol–water partition coefficient (Wildman–Crippen LogP) is 2.55. The second-order valence-corrected chi connectivity index (χ2v) is 6.25. The number of hydrogen-bond donors (Lipinski definition) is 1. The molecule has 0 radical (unpaired) electrons. The molecular weight excluding hydrogens is 266 g/mol. The van der Waals surface area contributed by atoms with Gasteiger partial charge in [0.05, 0.1) is 4.90 Å². The van der Waals surface area contributed by atoms with E-state index in [1.807, 2.05) is 6.07 Å². The summed E-state index contributed by atoms with van der Waals surface area (Å²) in [7, 11) is -1.25. The Bertz CT molecular complexity index is 569. The molecule has 6 heteroatoms. The molecule has 1 heterocycles. The number of rotatable bonds is 3. The lowest BCUT2D eigenvalue weighted by Gasteiger charge is -2.16. The van der Waals surface area contributed by atoms with Gasteiger partial charge in [-0.3, -0.25) is 4.72 Å². The van der Waals surface area contributed by atoms with Gasteiger partial charge in [0, 0.05) is 11.5 Å². The number of hydrogen-bond acceptors (Lipinski definition) is 4. The fourth-order valence-electron chi connectivity index (χ4n) is 2.18. The lowest BCUT2D eigenvalue weighted by atomic mass is 9.92. The first-order chi connectivity index (χ1) is 8.83. The molecule has 2 aromatic rings. The van der Waals surface area contributed by atoms with Crippen molar-refractivity contribution < 1.29 is 4.21 Å². The molecule has 1 unspecified atom stereocenters. The average molecular weight is 279 g/mol. The summed E-state index contributed by atoms with van der Waals surface area (Å²) in [5.41, 5.74) is 2.74. The highest BCUT2D eigenvalue weighted by molar-refractivity contribution is 7.86. The summed E-state index contributed by atoms with van der Waals surface area (Å²) in [5.74, 6) is 0. The van der Waals surface area contributed by atoms with Crippen LogP contribution in [-0.2, 0) is 23.8 Å². The summed E-state index contributed by atoms with van der Waals surface area (Å²) in [5, 5.41) is 0.589. The molecule has 3 rings (SSSR count). The zero-order chi connectivity index (χ0) is 12.4. The van der Waals surface area contributed by atoms with E-state index in [4.69, 9.17) is 0 Å². The minimum absolute atomic E-state index is 0.589. The maximum Gasteiger partial charge on any atom is 0.214 e. The number of fused-ring (bicyclic) bond motifs is 1. The van der Waals surface area contributed by atoms with Crippen LogP contribution in [0.15, 0.2) is 29.4 Å². The first-order valence-electron chi connectivity index (χ1n) is 5.90. The van der Waals surface area contributed by atoms with E-state index in [-0.39, 0.29) is 0 Å². The maximum absolute atomic E-state index is 12.1. The Morgan fingerprint density at radius 3 is 2.83 bits per heavy atom. The molecule has 94 valence electrons. The van der Waals surface area contributed by atoms with Crippen LogP contribution in [0.25, 0.3) is 0 Å². The van der Waals surface area contributed by atoms with Gasteiger partial charge in [0.25, 0.3) is 0 Å². The van der Waals surface area contributed by atoms with E-state index < -0.39 is 11.0 Å². The van der Waals surface area contributed by atoms with E-state index in [9.17, 15) is 4.21 Å². The summed E-state index contributed by atoms with van der Waals surface area (Å²) < 4.78 is 18.9. The molecule has 0 spiro atoms. The van der Waals surface area contributed by atoms with E-state index in [0.29, 0.717) is 5.13 Å². The van der Waals surface area contributed by atoms with Crippen LogP contribution in [0.1, 0.15) is 24.0 Å². The molecule has 1 aliphatic carbocycles. The molecule has 4 nitrogen and oxygen atoms in total. The summed E-state index contributed by atoms with van der Waals surface area (Å²) >= 11 is 1.21. The maximum atomic E-state index is 12.1. The second-order valence-electron chi connectivity index (χ2n) is 4.25. The number of anilines is 1. The number of aromatic nitrogens is 2. The smallest absolute Gasteiger partial charge is 0.214 e. The van der Waals surface area contributed by atoms with Crippen LogP contribution >= 0.6 is 11.5 Å². The highest BCUT2D eigenvalue weighted by Crippen LogP contribution is 2.24. The van der Waals surface area contributed by atoms with Gasteiger partial charge in [-0.05, 0) is 48.9 Å². The van der Waals surface area contributed by atoms with Gasteiger partial charge in [-0.2, -0.15) is 4.37 Å². The molecule has 0 bridgehead atoms. The van der Waals surface area contributed by atoms with Crippen molar-refractivity contribution >= 4 is 27.6 Å². The first kappa shape index (κ1) is 11.8. The Morgan fingerprint density at radius 1 is 1.22 bits per heavy atom. The van der Waals surface area contributed by atoms with Gasteiger partial charge in [0.2, 0.25) is 5.13 Å². The number of nitrogens with one attached hydrogen (secondary N) is 1. The van der Waals surface area contributed by atoms with Crippen LogP contribution in [0.4, 0.5) is 5.13 Å². The molecule has 1 aliphatic rings. The fraction of sp³-hybridized carbons (Fsp3) is 0.333. The van der Waals surface area contributed by atoms with E-state index in [1.54, 1.807) is 0 Å². The second kappa shape index (κ2) is 5.16. The minimum atomic E-state index is -1.25. The lowest BCUT2D eigenvalue weighted by Crippen LogP contribution is -2.08. The van der Waals surface area contributed by atoms with Gasteiger partial charge >= 0.3 is 0 Å². The van der Waals surface area contributed by atoms with Crippen LogP contribution in [0.5, 0.6) is 0 Å². The first-order valence-corrected chi connectivity index (χ1v) is 7.82. The average Bonchev–Trinajstić information content (AvgIpc) is 2.91. The Kier molecular flexibility index (Phi) is 3.38. The molecule has 0 aliphatic heterocycles. The van der Waals surface area contributed by atoms with Gasteiger partial charge in [-0.15, -0.1) is 0 Å². The number of nitrogens with zero attached hydrogens (tertiary/aromatic N) is 2. The molecule has 18 heavy (non-hydrogen) atoms. The van der Waals surface area contributed by atoms with Crippen molar-refractivity contribution in [1.29, 1.82) is 0 Å². The Labute approximate surface area is 112 Å². The van der Waals surface area contributed by atoms with E-state index in [2.05, 4.69) is 26.2 Å². The predicted molar refractivity (Wildman–Crippen MR) is 73.0 cm³/mol.